The summed E-state index contributed by atoms with van der Waals surface area (Å²) in [6.07, 6.45) is 1.85. The van der Waals surface area contributed by atoms with Crippen LogP contribution in [0, 0.1) is 10.1 Å². The summed E-state index contributed by atoms with van der Waals surface area (Å²) < 4.78 is 31.8. The second-order valence-corrected chi connectivity index (χ2v) is 9.23. The van der Waals surface area contributed by atoms with Crippen molar-refractivity contribution in [3.05, 3.63) is 63.7 Å². The van der Waals surface area contributed by atoms with Crippen LogP contribution in [0.1, 0.15) is 24.5 Å². The maximum Gasteiger partial charge on any atom is 0.271 e. The molecule has 0 fully saturated rings. The first-order chi connectivity index (χ1) is 14.7. The van der Waals surface area contributed by atoms with Crippen LogP contribution in [0.5, 0.6) is 5.75 Å². The van der Waals surface area contributed by atoms with E-state index in [1.807, 2.05) is 24.3 Å². The summed E-state index contributed by atoms with van der Waals surface area (Å²) in [5, 5.41) is 11.3. The van der Waals surface area contributed by atoms with Crippen molar-refractivity contribution in [2.75, 3.05) is 24.2 Å². The van der Waals surface area contributed by atoms with Crippen molar-refractivity contribution in [3.63, 3.8) is 0 Å². The van der Waals surface area contributed by atoms with Gasteiger partial charge < -0.3 is 9.64 Å². The number of hydrogen-bond acceptors (Lipinski definition) is 6. The van der Waals surface area contributed by atoms with E-state index in [0.717, 1.165) is 22.2 Å². The van der Waals surface area contributed by atoms with Gasteiger partial charge in [0.1, 0.15) is 17.5 Å². The minimum atomic E-state index is -3.97. The molecule has 0 aromatic heterocycles. The molecule has 0 unspecified atom stereocenters. The number of carbonyl (C=O) groups excluding carboxylic acids is 1. The number of amides is 1. The fourth-order valence-electron chi connectivity index (χ4n) is 3.88. The van der Waals surface area contributed by atoms with Crippen LogP contribution in [-0.4, -0.2) is 50.1 Å². The molecular formula is C21H25N3O6S. The van der Waals surface area contributed by atoms with Gasteiger partial charge in [-0.05, 0) is 30.0 Å². The highest BCUT2D eigenvalue weighted by atomic mass is 32.2. The third kappa shape index (κ3) is 4.63. The zero-order chi connectivity index (χ0) is 22.8. The first-order valence-electron chi connectivity index (χ1n) is 9.84. The molecule has 2 aromatic rings. The third-order valence-electron chi connectivity index (χ3n) is 5.37. The highest BCUT2D eigenvalue weighted by Crippen LogP contribution is 2.36. The summed E-state index contributed by atoms with van der Waals surface area (Å²) in [7, 11) is -2.62. The van der Waals surface area contributed by atoms with Gasteiger partial charge in [-0.3, -0.25) is 19.2 Å². The van der Waals surface area contributed by atoms with Gasteiger partial charge in [0.05, 0.1) is 18.3 Å². The number of fused-ring (bicyclic) bond motifs is 1. The van der Waals surface area contributed by atoms with E-state index in [1.165, 1.54) is 24.8 Å². The molecule has 1 atom stereocenters. The number of methoxy groups -OCH3 is 1. The molecule has 0 spiro atoms. The Labute approximate surface area is 181 Å². The van der Waals surface area contributed by atoms with Gasteiger partial charge >= 0.3 is 0 Å². The van der Waals surface area contributed by atoms with Crippen LogP contribution < -0.4 is 9.04 Å². The van der Waals surface area contributed by atoms with Gasteiger partial charge in [-0.1, -0.05) is 31.2 Å². The topological polar surface area (TPSA) is 110 Å². The molecule has 3 rings (SSSR count). The van der Waals surface area contributed by atoms with Crippen LogP contribution in [0.3, 0.4) is 0 Å². The number of benzene rings is 2. The van der Waals surface area contributed by atoms with E-state index in [9.17, 15) is 23.3 Å². The Morgan fingerprint density at radius 1 is 1.26 bits per heavy atom. The number of ether oxygens (including phenoxy) is 1. The molecule has 31 heavy (non-hydrogen) atoms. The average molecular weight is 448 g/mol. The number of hydrogen-bond donors (Lipinski definition) is 0. The van der Waals surface area contributed by atoms with Crippen LogP contribution in [0.15, 0.2) is 42.5 Å². The summed E-state index contributed by atoms with van der Waals surface area (Å²) >= 11 is 0. The van der Waals surface area contributed by atoms with Crippen molar-refractivity contribution < 1.29 is 22.9 Å². The summed E-state index contributed by atoms with van der Waals surface area (Å²) in [6, 6.07) is 10.5. The summed E-state index contributed by atoms with van der Waals surface area (Å²) in [6.45, 7) is 2.56. The van der Waals surface area contributed by atoms with Crippen LogP contribution >= 0.6 is 0 Å². The second kappa shape index (κ2) is 8.93. The first-order valence-corrected chi connectivity index (χ1v) is 11.7. The molecule has 10 heteroatoms. The number of nitrogens with zero attached hydrogens (tertiary/aromatic N) is 3. The second-order valence-electron chi connectivity index (χ2n) is 7.37. The van der Waals surface area contributed by atoms with Crippen molar-refractivity contribution in [2.45, 2.75) is 32.4 Å². The summed E-state index contributed by atoms with van der Waals surface area (Å²) in [5.41, 5.74) is 1.87. The summed E-state index contributed by atoms with van der Waals surface area (Å²) in [4.78, 5) is 25.8. The fraction of sp³-hybridized carbons (Fsp3) is 0.381. The van der Waals surface area contributed by atoms with E-state index in [-0.39, 0.29) is 29.5 Å². The number of rotatable bonds is 7. The van der Waals surface area contributed by atoms with Gasteiger partial charge in [0, 0.05) is 25.2 Å². The van der Waals surface area contributed by atoms with Crippen molar-refractivity contribution in [2.24, 2.45) is 0 Å². The van der Waals surface area contributed by atoms with E-state index in [0.29, 0.717) is 19.5 Å². The molecule has 1 amide bonds. The van der Waals surface area contributed by atoms with Gasteiger partial charge in [0.15, 0.2) is 0 Å². The lowest BCUT2D eigenvalue weighted by molar-refractivity contribution is -0.384. The Morgan fingerprint density at radius 3 is 2.52 bits per heavy atom. The molecule has 0 bridgehead atoms. The maximum absolute atomic E-state index is 13.5. The average Bonchev–Trinajstić information content (AvgIpc) is 2.75. The molecule has 0 N–H and O–H groups in total. The minimum Gasteiger partial charge on any atom is -0.495 e. The van der Waals surface area contributed by atoms with Gasteiger partial charge in [-0.15, -0.1) is 0 Å². The van der Waals surface area contributed by atoms with Crippen LogP contribution in [-0.2, 0) is 27.8 Å². The molecule has 0 saturated heterocycles. The predicted octanol–water partition coefficient (Wildman–Crippen LogP) is 2.73. The number of anilines is 1. The predicted molar refractivity (Wildman–Crippen MR) is 117 cm³/mol. The molecule has 0 aliphatic carbocycles. The first kappa shape index (κ1) is 22.5. The number of sulfonamides is 1. The molecule has 1 aliphatic heterocycles. The zero-order valence-electron chi connectivity index (χ0n) is 17.6. The SMILES string of the molecule is CC[C@@H](C(=O)N1CCc2ccccc2C1)N(c1cc([N+](=O)[O-])ccc1OC)S(C)(=O)=O. The lowest BCUT2D eigenvalue weighted by Gasteiger charge is -2.36. The molecule has 1 aliphatic rings. The Hall–Kier alpha value is -3.14. The fourth-order valence-corrected chi connectivity index (χ4v) is 5.08. The highest BCUT2D eigenvalue weighted by molar-refractivity contribution is 7.92. The van der Waals surface area contributed by atoms with Gasteiger partial charge in [0.2, 0.25) is 15.9 Å². The standard InChI is InChI=1S/C21H25N3O6S/c1-4-18(21(25)22-12-11-15-7-5-6-8-16(15)14-22)23(31(3,28)29)19-13-17(24(26)27)9-10-20(19)30-2/h5-10,13,18H,4,11-12,14H2,1-3H3/t18-/m0/s1. The zero-order valence-corrected chi connectivity index (χ0v) is 18.5. The molecule has 166 valence electrons. The van der Waals surface area contributed by atoms with Crippen molar-refractivity contribution in [1.29, 1.82) is 0 Å². The van der Waals surface area contributed by atoms with Crippen molar-refractivity contribution in [3.8, 4) is 5.75 Å². The normalized spacial score (nSPS) is 14.5. The molecule has 9 nitrogen and oxygen atoms in total. The smallest absolute Gasteiger partial charge is 0.271 e. The summed E-state index contributed by atoms with van der Waals surface area (Å²) in [5.74, 6) is -0.220. The van der Waals surface area contributed by atoms with Crippen molar-refractivity contribution in [1.82, 2.24) is 4.90 Å². The number of non-ortho nitro benzene ring substituents is 1. The lowest BCUT2D eigenvalue weighted by Crippen LogP contribution is -2.51. The molecular weight excluding hydrogens is 422 g/mol. The maximum atomic E-state index is 13.5. The largest absolute Gasteiger partial charge is 0.495 e. The van der Waals surface area contributed by atoms with E-state index in [4.69, 9.17) is 4.74 Å². The van der Waals surface area contributed by atoms with Crippen LogP contribution in [0.4, 0.5) is 11.4 Å². The van der Waals surface area contributed by atoms with Gasteiger partial charge in [0.25, 0.3) is 5.69 Å². The number of nitro benzene ring substituents is 1. The quantitative estimate of drug-likeness (QED) is 0.477. The highest BCUT2D eigenvalue weighted by Gasteiger charge is 2.37. The third-order valence-corrected chi connectivity index (χ3v) is 6.53. The Bertz CT molecular complexity index is 1100. The monoisotopic (exact) mass is 447 g/mol. The van der Waals surface area contributed by atoms with E-state index < -0.39 is 21.0 Å². The Kier molecular flexibility index (Phi) is 6.49. The van der Waals surface area contributed by atoms with E-state index >= 15 is 0 Å². The van der Waals surface area contributed by atoms with E-state index in [2.05, 4.69) is 0 Å². The van der Waals surface area contributed by atoms with Crippen LogP contribution in [0.25, 0.3) is 0 Å². The number of carbonyl (C=O) groups is 1. The molecule has 0 saturated carbocycles. The molecule has 2 aromatic carbocycles. The Morgan fingerprint density at radius 2 is 1.94 bits per heavy atom. The lowest BCUT2D eigenvalue weighted by atomic mass is 9.99. The molecule has 0 radical (unpaired) electrons. The van der Waals surface area contributed by atoms with Crippen LogP contribution in [0.2, 0.25) is 0 Å². The van der Waals surface area contributed by atoms with Gasteiger partial charge in [-0.25, -0.2) is 8.42 Å². The molecule has 1 heterocycles. The van der Waals surface area contributed by atoms with Crippen molar-refractivity contribution >= 4 is 27.3 Å². The Balaban J connectivity index is 2.03. The minimum absolute atomic E-state index is 0.0307. The number of nitro groups is 1. The van der Waals surface area contributed by atoms with E-state index in [1.54, 1.807) is 11.8 Å². The van der Waals surface area contributed by atoms with Gasteiger partial charge in [-0.2, -0.15) is 0 Å².